The number of hydrogen-bond acceptors (Lipinski definition) is 6. The van der Waals surface area contributed by atoms with Gasteiger partial charge in [0.1, 0.15) is 11.5 Å². The number of benzene rings is 1. The van der Waals surface area contributed by atoms with Gasteiger partial charge in [-0.05, 0) is 53.6 Å². The van der Waals surface area contributed by atoms with Crippen molar-refractivity contribution in [3.8, 4) is 11.5 Å². The maximum Gasteiger partial charge on any atom is 0.145 e. The van der Waals surface area contributed by atoms with Crippen molar-refractivity contribution in [2.45, 2.75) is 18.0 Å². The molecule has 0 saturated carbocycles. The third-order valence-electron chi connectivity index (χ3n) is 3.31. The Morgan fingerprint density at radius 3 is 2.48 bits per heavy atom. The number of aromatic nitrogens is 2. The van der Waals surface area contributed by atoms with Gasteiger partial charge >= 0.3 is 0 Å². The molecule has 0 spiro atoms. The van der Waals surface area contributed by atoms with Crippen molar-refractivity contribution in [1.82, 2.24) is 15.3 Å². The van der Waals surface area contributed by atoms with Gasteiger partial charge in [0.2, 0.25) is 0 Å². The quantitative estimate of drug-likeness (QED) is 0.591. The van der Waals surface area contributed by atoms with Gasteiger partial charge in [0.25, 0.3) is 0 Å². The number of thiol groups is 1. The van der Waals surface area contributed by atoms with Gasteiger partial charge in [0.05, 0.1) is 6.20 Å². The monoisotopic (exact) mass is 355 g/mol. The van der Waals surface area contributed by atoms with Crippen LogP contribution in [0.3, 0.4) is 0 Å². The minimum absolute atomic E-state index is 0.714. The molecule has 0 atom stereocenters. The van der Waals surface area contributed by atoms with Gasteiger partial charge in [-0.25, -0.2) is 0 Å². The van der Waals surface area contributed by atoms with Crippen LogP contribution in [0.5, 0.6) is 11.5 Å². The molecular weight excluding hydrogens is 334 g/mol. The molecule has 2 heterocycles. The van der Waals surface area contributed by atoms with E-state index in [0.717, 1.165) is 35.6 Å². The summed E-state index contributed by atoms with van der Waals surface area (Å²) in [6.07, 6.45) is 7.00. The van der Waals surface area contributed by atoms with Crippen molar-refractivity contribution < 1.29 is 9.84 Å². The molecule has 5 nitrogen and oxygen atoms in total. The molecule has 0 aliphatic heterocycles. The number of pyridine rings is 2. The van der Waals surface area contributed by atoms with Gasteiger partial charge in [-0.15, -0.1) is 12.6 Å². The second kappa shape index (κ2) is 10.5. The lowest BCUT2D eigenvalue weighted by Gasteiger charge is -2.11. The highest BCUT2D eigenvalue weighted by Gasteiger charge is 2.04. The molecule has 3 aromatic rings. The fourth-order valence-corrected chi connectivity index (χ4v) is 2.37. The largest absolute Gasteiger partial charge is 0.456 e. The molecule has 0 bridgehead atoms. The van der Waals surface area contributed by atoms with E-state index in [9.17, 15) is 0 Å². The van der Waals surface area contributed by atoms with Crippen LogP contribution in [0.4, 0.5) is 0 Å². The molecule has 0 amide bonds. The maximum atomic E-state index is 7.00. The minimum Gasteiger partial charge on any atom is -0.456 e. The molecule has 0 saturated heterocycles. The Hall–Kier alpha value is -2.41. The van der Waals surface area contributed by atoms with Gasteiger partial charge in [0, 0.05) is 43.7 Å². The number of nitrogens with zero attached hydrogens (tertiary/aromatic N) is 2. The van der Waals surface area contributed by atoms with Crippen LogP contribution in [-0.2, 0) is 13.1 Å². The minimum atomic E-state index is 0.714. The summed E-state index contributed by atoms with van der Waals surface area (Å²) in [5, 5.41) is 10.4. The number of aliphatic hydroxyl groups is 1. The van der Waals surface area contributed by atoms with Crippen molar-refractivity contribution in [3.05, 3.63) is 78.4 Å². The van der Waals surface area contributed by atoms with Crippen LogP contribution in [0.1, 0.15) is 11.1 Å². The number of rotatable bonds is 6. The molecule has 0 fully saturated rings. The van der Waals surface area contributed by atoms with E-state index in [1.54, 1.807) is 24.8 Å². The van der Waals surface area contributed by atoms with Crippen LogP contribution in [0.2, 0.25) is 0 Å². The third-order valence-corrected chi connectivity index (χ3v) is 3.75. The average Bonchev–Trinajstić information content (AvgIpc) is 2.68. The summed E-state index contributed by atoms with van der Waals surface area (Å²) in [5.74, 6) is 1.49. The van der Waals surface area contributed by atoms with Crippen LogP contribution < -0.4 is 10.1 Å². The molecule has 0 aliphatic carbocycles. The molecule has 1 aromatic carbocycles. The number of hydrogen-bond donors (Lipinski definition) is 3. The lowest BCUT2D eigenvalue weighted by molar-refractivity contribution is 0.399. The molecule has 2 aromatic heterocycles. The molecule has 3 rings (SSSR count). The topological polar surface area (TPSA) is 67.3 Å². The summed E-state index contributed by atoms with van der Waals surface area (Å²) in [6, 6.07) is 13.6. The first-order valence-corrected chi connectivity index (χ1v) is 8.20. The number of nitrogens with one attached hydrogen (secondary N) is 1. The second-order valence-electron chi connectivity index (χ2n) is 5.04. The highest BCUT2D eigenvalue weighted by Crippen LogP contribution is 2.25. The van der Waals surface area contributed by atoms with Gasteiger partial charge in [-0.2, -0.15) is 0 Å². The van der Waals surface area contributed by atoms with E-state index in [0.29, 0.717) is 6.54 Å². The SMILES string of the molecule is CO.Sc1ccc(Oc2cccnc2)cc1CNCc1ccncc1. The van der Waals surface area contributed by atoms with E-state index in [1.165, 1.54) is 5.56 Å². The fraction of sp³-hybridized carbons (Fsp3) is 0.158. The molecular formula is C19H21N3O2S. The molecule has 130 valence electrons. The lowest BCUT2D eigenvalue weighted by atomic mass is 10.2. The van der Waals surface area contributed by atoms with Gasteiger partial charge in [0.15, 0.2) is 0 Å². The first kappa shape index (κ1) is 18.9. The fourth-order valence-electron chi connectivity index (χ4n) is 2.15. The van der Waals surface area contributed by atoms with Crippen LogP contribution in [0, 0.1) is 0 Å². The number of aliphatic hydroxyl groups excluding tert-OH is 1. The predicted molar refractivity (Wildman–Crippen MR) is 101 cm³/mol. The van der Waals surface area contributed by atoms with Crippen LogP contribution in [0.25, 0.3) is 0 Å². The Morgan fingerprint density at radius 1 is 0.960 bits per heavy atom. The zero-order valence-electron chi connectivity index (χ0n) is 14.0. The zero-order chi connectivity index (χ0) is 17.9. The van der Waals surface area contributed by atoms with Gasteiger partial charge < -0.3 is 15.2 Å². The smallest absolute Gasteiger partial charge is 0.145 e. The Bertz CT molecular complexity index is 755. The Morgan fingerprint density at radius 2 is 1.76 bits per heavy atom. The highest BCUT2D eigenvalue weighted by atomic mass is 32.1. The van der Waals surface area contributed by atoms with E-state index >= 15 is 0 Å². The van der Waals surface area contributed by atoms with Crippen molar-refractivity contribution in [2.24, 2.45) is 0 Å². The van der Waals surface area contributed by atoms with E-state index < -0.39 is 0 Å². The van der Waals surface area contributed by atoms with Crippen LogP contribution in [0.15, 0.2) is 72.1 Å². The van der Waals surface area contributed by atoms with Crippen molar-refractivity contribution in [1.29, 1.82) is 0 Å². The van der Waals surface area contributed by atoms with E-state index in [-0.39, 0.29) is 0 Å². The van der Waals surface area contributed by atoms with Crippen LogP contribution in [-0.4, -0.2) is 22.2 Å². The second-order valence-corrected chi connectivity index (χ2v) is 5.52. The summed E-state index contributed by atoms with van der Waals surface area (Å²) >= 11 is 4.51. The Balaban J connectivity index is 0.00000109. The van der Waals surface area contributed by atoms with E-state index in [2.05, 4.69) is 27.9 Å². The zero-order valence-corrected chi connectivity index (χ0v) is 14.9. The summed E-state index contributed by atoms with van der Waals surface area (Å²) in [4.78, 5) is 9.00. The first-order valence-electron chi connectivity index (χ1n) is 7.75. The van der Waals surface area contributed by atoms with E-state index in [1.807, 2.05) is 42.5 Å². The van der Waals surface area contributed by atoms with Crippen molar-refractivity contribution in [2.75, 3.05) is 7.11 Å². The Labute approximate surface area is 153 Å². The first-order chi connectivity index (χ1) is 12.3. The summed E-state index contributed by atoms with van der Waals surface area (Å²) < 4.78 is 5.81. The van der Waals surface area contributed by atoms with E-state index in [4.69, 9.17) is 9.84 Å². The maximum absolute atomic E-state index is 7.00. The van der Waals surface area contributed by atoms with Crippen molar-refractivity contribution in [3.63, 3.8) is 0 Å². The summed E-state index contributed by atoms with van der Waals surface area (Å²) in [5.41, 5.74) is 2.28. The normalized spacial score (nSPS) is 9.88. The predicted octanol–water partition coefficient (Wildman–Crippen LogP) is 3.46. The Kier molecular flexibility index (Phi) is 7.91. The summed E-state index contributed by atoms with van der Waals surface area (Å²) in [6.45, 7) is 1.49. The highest BCUT2D eigenvalue weighted by molar-refractivity contribution is 7.80. The number of ether oxygens (including phenoxy) is 1. The average molecular weight is 355 g/mol. The third kappa shape index (κ3) is 6.19. The molecule has 6 heteroatoms. The summed E-state index contributed by atoms with van der Waals surface area (Å²) in [7, 11) is 1.00. The van der Waals surface area contributed by atoms with Gasteiger partial charge in [-0.1, -0.05) is 0 Å². The molecule has 0 aliphatic rings. The lowest BCUT2D eigenvalue weighted by Crippen LogP contribution is -2.13. The standard InChI is InChI=1S/C18H17N3OS.CH4O/c23-18-4-3-16(22-17-2-1-7-20-13-17)10-15(18)12-21-11-14-5-8-19-9-6-14;1-2/h1-10,13,21,23H,11-12H2;2H,1H3. The van der Waals surface area contributed by atoms with Crippen molar-refractivity contribution >= 4 is 12.6 Å². The molecule has 0 unspecified atom stereocenters. The molecule has 25 heavy (non-hydrogen) atoms. The molecule has 0 radical (unpaired) electrons. The van der Waals surface area contributed by atoms with Gasteiger partial charge in [-0.3, -0.25) is 9.97 Å². The molecule has 2 N–H and O–H groups in total. The van der Waals surface area contributed by atoms with Crippen LogP contribution >= 0.6 is 12.6 Å².